The van der Waals surface area contributed by atoms with Crippen molar-refractivity contribution in [1.29, 1.82) is 0 Å². The number of rotatable bonds is 4. The first-order chi connectivity index (χ1) is 15.1. The summed E-state index contributed by atoms with van der Waals surface area (Å²) in [6, 6.07) is 7.52. The maximum Gasteiger partial charge on any atom is 0.231 e. The first-order valence-electron chi connectivity index (χ1n) is 10.7. The minimum atomic E-state index is -0.119. The van der Waals surface area contributed by atoms with Crippen LogP contribution in [0.15, 0.2) is 24.3 Å². The maximum atomic E-state index is 10.4. The van der Waals surface area contributed by atoms with E-state index in [-0.39, 0.29) is 36.4 Å². The third kappa shape index (κ3) is 3.40. The van der Waals surface area contributed by atoms with Crippen LogP contribution >= 0.6 is 0 Å². The highest BCUT2D eigenvalue weighted by molar-refractivity contribution is 5.59. The topological polar surface area (TPSA) is 95.6 Å². The standard InChI is InChI=1S/C23H28N2O6/c1-13-21(14-8-19(27-2)22(26)20(9-14)31-24)15-10-17-18(29-12-28-17)11-16(15)30-23(13)25-6-4-3-5-7-25/h8-11,13,21,23,26H,3-7,12,24H2,1-2H3. The Morgan fingerprint density at radius 2 is 1.71 bits per heavy atom. The van der Waals surface area contributed by atoms with Crippen molar-refractivity contribution in [3.05, 3.63) is 35.4 Å². The lowest BCUT2D eigenvalue weighted by atomic mass is 9.77. The van der Waals surface area contributed by atoms with Gasteiger partial charge in [-0.25, -0.2) is 0 Å². The van der Waals surface area contributed by atoms with Gasteiger partial charge in [-0.15, -0.1) is 0 Å². The second-order valence-corrected chi connectivity index (χ2v) is 8.37. The molecular weight excluding hydrogens is 400 g/mol. The molecule has 166 valence electrons. The van der Waals surface area contributed by atoms with Crippen LogP contribution in [-0.2, 0) is 0 Å². The lowest BCUT2D eigenvalue weighted by Gasteiger charge is -2.44. The fraction of sp³-hybridized carbons (Fsp3) is 0.478. The van der Waals surface area contributed by atoms with Gasteiger partial charge in [-0.1, -0.05) is 13.3 Å². The number of piperidine rings is 1. The number of ether oxygens (including phenoxy) is 4. The molecule has 0 bridgehead atoms. The Morgan fingerprint density at radius 1 is 1.00 bits per heavy atom. The Balaban J connectivity index is 1.64. The highest BCUT2D eigenvalue weighted by atomic mass is 16.7. The van der Waals surface area contributed by atoms with Crippen LogP contribution in [0.2, 0.25) is 0 Å². The van der Waals surface area contributed by atoms with Gasteiger partial charge in [-0.05, 0) is 36.6 Å². The van der Waals surface area contributed by atoms with E-state index in [1.807, 2.05) is 18.2 Å². The molecule has 0 aromatic heterocycles. The molecule has 3 aliphatic heterocycles. The molecule has 3 aliphatic rings. The zero-order valence-corrected chi connectivity index (χ0v) is 17.8. The molecule has 0 saturated carbocycles. The zero-order valence-electron chi connectivity index (χ0n) is 17.8. The van der Waals surface area contributed by atoms with Gasteiger partial charge in [0, 0.05) is 36.6 Å². The molecule has 0 radical (unpaired) electrons. The molecule has 31 heavy (non-hydrogen) atoms. The van der Waals surface area contributed by atoms with Gasteiger partial charge in [0.2, 0.25) is 12.5 Å². The number of nitrogens with zero attached hydrogens (tertiary/aromatic N) is 1. The van der Waals surface area contributed by atoms with Gasteiger partial charge in [0.15, 0.2) is 29.2 Å². The van der Waals surface area contributed by atoms with E-state index in [1.54, 1.807) is 6.07 Å². The number of phenols is 1. The molecule has 0 amide bonds. The van der Waals surface area contributed by atoms with Crippen LogP contribution in [0.1, 0.15) is 43.2 Å². The first-order valence-corrected chi connectivity index (χ1v) is 10.7. The molecule has 3 heterocycles. The van der Waals surface area contributed by atoms with Crippen molar-refractivity contribution in [2.75, 3.05) is 27.0 Å². The number of methoxy groups -OCH3 is 1. The predicted molar refractivity (Wildman–Crippen MR) is 113 cm³/mol. The summed E-state index contributed by atoms with van der Waals surface area (Å²) in [5.41, 5.74) is 1.92. The summed E-state index contributed by atoms with van der Waals surface area (Å²) in [6.45, 7) is 4.42. The summed E-state index contributed by atoms with van der Waals surface area (Å²) < 4.78 is 23.2. The zero-order chi connectivity index (χ0) is 21.5. The van der Waals surface area contributed by atoms with E-state index in [2.05, 4.69) is 11.8 Å². The number of benzene rings is 2. The van der Waals surface area contributed by atoms with Gasteiger partial charge in [0.1, 0.15) is 5.75 Å². The van der Waals surface area contributed by atoms with Crippen molar-refractivity contribution >= 4 is 0 Å². The molecular formula is C23H28N2O6. The number of aromatic hydroxyl groups is 1. The van der Waals surface area contributed by atoms with Crippen molar-refractivity contribution in [3.63, 3.8) is 0 Å². The Labute approximate surface area is 181 Å². The van der Waals surface area contributed by atoms with Crippen molar-refractivity contribution in [3.8, 4) is 34.5 Å². The molecule has 0 aliphatic carbocycles. The third-order valence-electron chi connectivity index (χ3n) is 6.58. The maximum absolute atomic E-state index is 10.4. The summed E-state index contributed by atoms with van der Waals surface area (Å²) in [4.78, 5) is 7.37. The summed E-state index contributed by atoms with van der Waals surface area (Å²) in [5, 5.41) is 10.4. The second-order valence-electron chi connectivity index (χ2n) is 8.37. The molecule has 2 aromatic rings. The van der Waals surface area contributed by atoms with Crippen LogP contribution < -0.4 is 29.7 Å². The van der Waals surface area contributed by atoms with Gasteiger partial charge in [0.25, 0.3) is 0 Å². The Kier molecular flexibility index (Phi) is 5.19. The predicted octanol–water partition coefficient (Wildman–Crippen LogP) is 3.35. The van der Waals surface area contributed by atoms with E-state index in [1.165, 1.54) is 26.4 Å². The summed E-state index contributed by atoms with van der Waals surface area (Å²) in [6.07, 6.45) is 3.51. The van der Waals surface area contributed by atoms with E-state index in [9.17, 15) is 5.11 Å². The lowest BCUT2D eigenvalue weighted by molar-refractivity contribution is -0.0403. The van der Waals surface area contributed by atoms with Gasteiger partial charge >= 0.3 is 0 Å². The van der Waals surface area contributed by atoms with E-state index >= 15 is 0 Å². The van der Waals surface area contributed by atoms with Crippen LogP contribution in [0.25, 0.3) is 0 Å². The van der Waals surface area contributed by atoms with Crippen molar-refractivity contribution in [1.82, 2.24) is 4.90 Å². The summed E-state index contributed by atoms with van der Waals surface area (Å²) >= 11 is 0. The number of likely N-dealkylation sites (tertiary alicyclic amines) is 1. The second kappa shape index (κ2) is 8.01. The van der Waals surface area contributed by atoms with E-state index < -0.39 is 0 Å². The van der Waals surface area contributed by atoms with Crippen molar-refractivity contribution in [2.24, 2.45) is 11.8 Å². The van der Waals surface area contributed by atoms with Crippen LogP contribution in [0.5, 0.6) is 34.5 Å². The average molecular weight is 428 g/mol. The van der Waals surface area contributed by atoms with E-state index in [0.29, 0.717) is 17.2 Å². The number of nitrogens with two attached hydrogens (primary N) is 1. The number of hydrogen-bond acceptors (Lipinski definition) is 8. The fourth-order valence-corrected chi connectivity index (χ4v) is 5.06. The van der Waals surface area contributed by atoms with Crippen LogP contribution in [0.4, 0.5) is 0 Å². The Morgan fingerprint density at radius 3 is 2.42 bits per heavy atom. The number of fused-ring (bicyclic) bond motifs is 2. The molecule has 1 saturated heterocycles. The molecule has 3 unspecified atom stereocenters. The molecule has 0 spiro atoms. The monoisotopic (exact) mass is 428 g/mol. The summed E-state index contributed by atoms with van der Waals surface area (Å²) in [7, 11) is 1.51. The lowest BCUT2D eigenvalue weighted by Crippen LogP contribution is -2.50. The molecule has 3 N–H and O–H groups in total. The largest absolute Gasteiger partial charge is 0.502 e. The van der Waals surface area contributed by atoms with E-state index in [4.69, 9.17) is 29.7 Å². The number of phenolic OH excluding ortho intramolecular Hbond substituents is 1. The molecule has 8 nitrogen and oxygen atoms in total. The minimum Gasteiger partial charge on any atom is -0.502 e. The molecule has 2 aromatic carbocycles. The number of hydrogen-bond donors (Lipinski definition) is 2. The quantitative estimate of drug-likeness (QED) is 0.716. The highest BCUT2D eigenvalue weighted by Gasteiger charge is 2.41. The molecule has 8 heteroatoms. The van der Waals surface area contributed by atoms with Gasteiger partial charge < -0.3 is 28.9 Å². The smallest absolute Gasteiger partial charge is 0.231 e. The van der Waals surface area contributed by atoms with Crippen LogP contribution in [0.3, 0.4) is 0 Å². The minimum absolute atomic E-state index is 0.0476. The highest BCUT2D eigenvalue weighted by Crippen LogP contribution is 2.51. The van der Waals surface area contributed by atoms with Gasteiger partial charge in [-0.3, -0.25) is 4.90 Å². The average Bonchev–Trinajstić information content (AvgIpc) is 3.25. The van der Waals surface area contributed by atoms with Crippen LogP contribution in [0, 0.1) is 5.92 Å². The van der Waals surface area contributed by atoms with Crippen LogP contribution in [-0.4, -0.2) is 43.2 Å². The first kappa shape index (κ1) is 20.1. The fourth-order valence-electron chi connectivity index (χ4n) is 5.06. The third-order valence-corrected chi connectivity index (χ3v) is 6.58. The van der Waals surface area contributed by atoms with Gasteiger partial charge in [0.05, 0.1) is 7.11 Å². The molecule has 5 rings (SSSR count). The van der Waals surface area contributed by atoms with Gasteiger partial charge in [-0.2, -0.15) is 5.90 Å². The molecule has 3 atom stereocenters. The summed E-state index contributed by atoms with van der Waals surface area (Å²) in [5.74, 6) is 8.05. The Bertz CT molecular complexity index is 950. The molecule has 1 fully saturated rings. The SMILES string of the molecule is COc1cc(C2c3cc4c(cc3OC(N3CCCCC3)C2C)OCO4)cc(ON)c1O. The normalized spacial score (nSPS) is 24.9. The van der Waals surface area contributed by atoms with E-state index in [0.717, 1.165) is 30.0 Å². The van der Waals surface area contributed by atoms with Crippen molar-refractivity contribution < 1.29 is 28.9 Å². The van der Waals surface area contributed by atoms with Crippen molar-refractivity contribution in [2.45, 2.75) is 38.3 Å². The Hall–Kier alpha value is -2.84.